The maximum Gasteiger partial charge on any atom is 0.416 e. The van der Waals surface area contributed by atoms with Crippen molar-refractivity contribution in [3.8, 4) is 22.3 Å². The van der Waals surface area contributed by atoms with Gasteiger partial charge < -0.3 is 10.6 Å². The predicted octanol–water partition coefficient (Wildman–Crippen LogP) is 7.57. The van der Waals surface area contributed by atoms with Gasteiger partial charge in [-0.2, -0.15) is 26.3 Å². The molecule has 2 saturated heterocycles. The van der Waals surface area contributed by atoms with E-state index in [0.29, 0.717) is 27.2 Å². The maximum atomic E-state index is 13.0. The van der Waals surface area contributed by atoms with Crippen molar-refractivity contribution in [2.45, 2.75) is 23.3 Å². The lowest BCUT2D eigenvalue weighted by Gasteiger charge is -2.13. The fourth-order valence-corrected chi connectivity index (χ4v) is 7.78. The van der Waals surface area contributed by atoms with Crippen molar-refractivity contribution in [2.75, 3.05) is 18.8 Å². The van der Waals surface area contributed by atoms with Gasteiger partial charge in [0.25, 0.3) is 11.8 Å². The van der Waals surface area contributed by atoms with Gasteiger partial charge in [-0.3, -0.25) is 29.0 Å². The molecular formula is C44H32F6N4O8S. The fraction of sp³-hybridized carbons (Fsp3) is 0.136. The van der Waals surface area contributed by atoms with Gasteiger partial charge in [-0.15, -0.1) is 0 Å². The van der Waals surface area contributed by atoms with Crippen molar-refractivity contribution in [1.82, 2.24) is 20.4 Å². The molecule has 2 heterocycles. The van der Waals surface area contributed by atoms with Crippen molar-refractivity contribution >= 4 is 45.3 Å². The minimum absolute atomic E-state index is 0.00226. The van der Waals surface area contributed by atoms with Gasteiger partial charge in [0.1, 0.15) is 11.7 Å². The number of benzene rings is 5. The molecule has 63 heavy (non-hydrogen) atoms. The average Bonchev–Trinajstić information content (AvgIpc) is 3.65. The lowest BCUT2D eigenvalue weighted by atomic mass is 10.0. The molecule has 1 unspecified atom stereocenters. The molecule has 0 spiro atoms. The first-order valence-electron chi connectivity index (χ1n) is 18.5. The molecule has 0 aliphatic carbocycles. The number of rotatable bonds is 11. The molecule has 2 aliphatic heterocycles. The molecule has 324 valence electrons. The summed E-state index contributed by atoms with van der Waals surface area (Å²) in [5.74, 6) is -3.25. The normalized spacial score (nSPS) is 15.5. The molecule has 5 aromatic rings. The van der Waals surface area contributed by atoms with Crippen molar-refractivity contribution in [1.29, 1.82) is 0 Å². The average molecular weight is 891 g/mol. The molecule has 19 heteroatoms. The van der Waals surface area contributed by atoms with Gasteiger partial charge >= 0.3 is 24.4 Å². The number of ketones is 2. The highest BCUT2D eigenvalue weighted by Gasteiger charge is 2.42. The Morgan fingerprint density at radius 1 is 0.587 bits per heavy atom. The number of amides is 6. The second-order valence-corrected chi connectivity index (χ2v) is 16.0. The number of nitrogens with one attached hydrogen (secondary N) is 2. The van der Waals surface area contributed by atoms with Crippen LogP contribution < -0.4 is 10.6 Å². The van der Waals surface area contributed by atoms with Crippen LogP contribution in [0.25, 0.3) is 22.3 Å². The number of nitrogens with zero attached hydrogens (tertiary/aromatic N) is 2. The van der Waals surface area contributed by atoms with E-state index in [1.165, 1.54) is 97.1 Å². The third-order valence-electron chi connectivity index (χ3n) is 9.67. The van der Waals surface area contributed by atoms with E-state index in [0.717, 1.165) is 29.2 Å². The molecule has 0 saturated carbocycles. The highest BCUT2D eigenvalue weighted by atomic mass is 32.2. The Morgan fingerprint density at radius 2 is 1.05 bits per heavy atom. The number of alkyl halides is 6. The smallest absolute Gasteiger partial charge is 0.325 e. The van der Waals surface area contributed by atoms with E-state index in [2.05, 4.69) is 17.2 Å². The SMILES string of the molecule is C=C1NC(=O)N(CC(=O)c2ccc(-c3cccc(C(F)(F)F)c3)cc2)C1=O.O=C(CN1C(=O)NC(CS(=O)(=O)c2ccccc2)C1=O)c1ccc(-c2cccc(C(F)(F)F)c2)cc1. The van der Waals surface area contributed by atoms with Gasteiger partial charge in [0, 0.05) is 11.1 Å². The molecule has 12 nitrogen and oxygen atoms in total. The maximum absolute atomic E-state index is 13.0. The number of imide groups is 2. The third kappa shape index (κ3) is 10.6. The number of hydrogen-bond donors (Lipinski definition) is 2. The predicted molar refractivity (Wildman–Crippen MR) is 214 cm³/mol. The first-order chi connectivity index (χ1) is 29.6. The summed E-state index contributed by atoms with van der Waals surface area (Å²) in [5, 5.41) is 4.52. The van der Waals surface area contributed by atoms with Gasteiger partial charge in [-0.25, -0.2) is 18.0 Å². The number of Topliss-reactive ketones (excluding diaryl/α,β-unsaturated/α-hetero) is 2. The summed E-state index contributed by atoms with van der Waals surface area (Å²) in [4.78, 5) is 74.7. The molecular weight excluding hydrogens is 859 g/mol. The van der Waals surface area contributed by atoms with E-state index in [1.54, 1.807) is 6.07 Å². The number of hydrogen-bond acceptors (Lipinski definition) is 8. The van der Waals surface area contributed by atoms with Crippen LogP contribution in [0.15, 0.2) is 145 Å². The van der Waals surface area contributed by atoms with Crippen LogP contribution in [0.2, 0.25) is 0 Å². The van der Waals surface area contributed by atoms with Crippen molar-refractivity contribution in [2.24, 2.45) is 0 Å². The monoisotopic (exact) mass is 890 g/mol. The van der Waals surface area contributed by atoms with Crippen LogP contribution in [0.1, 0.15) is 31.8 Å². The molecule has 2 fully saturated rings. The largest absolute Gasteiger partial charge is 0.416 e. The van der Waals surface area contributed by atoms with Gasteiger partial charge in [-0.05, 0) is 58.7 Å². The summed E-state index contributed by atoms with van der Waals surface area (Å²) in [7, 11) is -3.87. The van der Waals surface area contributed by atoms with Crippen molar-refractivity contribution in [3.63, 3.8) is 0 Å². The van der Waals surface area contributed by atoms with Crippen LogP contribution in [0.4, 0.5) is 35.9 Å². The molecule has 6 amide bonds. The van der Waals surface area contributed by atoms with E-state index >= 15 is 0 Å². The second-order valence-electron chi connectivity index (χ2n) is 14.0. The molecule has 0 bridgehead atoms. The molecule has 2 aliphatic rings. The van der Waals surface area contributed by atoms with Crippen LogP contribution in [0.3, 0.4) is 0 Å². The second kappa shape index (κ2) is 17.9. The highest BCUT2D eigenvalue weighted by molar-refractivity contribution is 7.91. The Kier molecular flexibility index (Phi) is 12.8. The van der Waals surface area contributed by atoms with E-state index in [1.807, 2.05) is 0 Å². The highest BCUT2D eigenvalue weighted by Crippen LogP contribution is 2.33. The van der Waals surface area contributed by atoms with Gasteiger partial charge in [-0.1, -0.05) is 97.6 Å². The Morgan fingerprint density at radius 3 is 1.48 bits per heavy atom. The molecule has 0 radical (unpaired) electrons. The summed E-state index contributed by atoms with van der Waals surface area (Å²) in [5.41, 5.74) is 0.291. The molecule has 7 rings (SSSR count). The van der Waals surface area contributed by atoms with Crippen LogP contribution in [-0.2, 0) is 31.8 Å². The number of carbonyl (C=O) groups is 6. The summed E-state index contributed by atoms with van der Waals surface area (Å²) >= 11 is 0. The van der Waals surface area contributed by atoms with E-state index in [-0.39, 0.29) is 21.7 Å². The number of carbonyl (C=O) groups excluding carboxylic acids is 6. The summed E-state index contributed by atoms with van der Waals surface area (Å²) < 4.78 is 103. The summed E-state index contributed by atoms with van der Waals surface area (Å²) in [6, 6.07) is 25.7. The lowest BCUT2D eigenvalue weighted by molar-refractivity contribution is -0.138. The van der Waals surface area contributed by atoms with Crippen LogP contribution in [-0.4, -0.2) is 78.5 Å². The van der Waals surface area contributed by atoms with Gasteiger partial charge in [0.2, 0.25) is 0 Å². The quantitative estimate of drug-likeness (QED) is 0.0593. The van der Waals surface area contributed by atoms with Crippen LogP contribution in [0, 0.1) is 0 Å². The molecule has 2 N–H and O–H groups in total. The summed E-state index contributed by atoms with van der Waals surface area (Å²) in [6.07, 6.45) is -8.94. The van der Waals surface area contributed by atoms with Gasteiger partial charge in [0.05, 0.1) is 34.9 Å². The van der Waals surface area contributed by atoms with Crippen LogP contribution >= 0.6 is 0 Å². The number of sulfone groups is 1. The summed E-state index contributed by atoms with van der Waals surface area (Å²) in [6.45, 7) is 2.30. The fourth-order valence-electron chi connectivity index (χ4n) is 6.35. The molecule has 1 atom stereocenters. The topological polar surface area (TPSA) is 167 Å². The zero-order chi connectivity index (χ0) is 45.9. The Bertz CT molecular complexity index is 2740. The van der Waals surface area contributed by atoms with E-state index < -0.39 is 93.6 Å². The van der Waals surface area contributed by atoms with Crippen molar-refractivity contribution in [3.05, 3.63) is 162 Å². The zero-order valence-electron chi connectivity index (χ0n) is 32.4. The lowest BCUT2D eigenvalue weighted by Crippen LogP contribution is -2.38. The third-order valence-corrected chi connectivity index (χ3v) is 11.4. The Balaban J connectivity index is 0.000000219. The Labute approximate surface area is 354 Å². The minimum atomic E-state index is -4.49. The van der Waals surface area contributed by atoms with Gasteiger partial charge in [0.15, 0.2) is 21.4 Å². The van der Waals surface area contributed by atoms with Crippen molar-refractivity contribution < 1.29 is 63.5 Å². The van der Waals surface area contributed by atoms with E-state index in [4.69, 9.17) is 0 Å². The standard InChI is InChI=1S/C25H19F3N2O5S.C19H13F3N2O3/c26-25(27,28)19-6-4-5-18(13-19)16-9-11-17(12-10-16)22(31)14-30-23(32)21(29-24(30)33)15-36(34,35)20-7-2-1-3-8-20;1-11-17(26)24(18(27)23-11)10-16(25)13-7-5-12(6-8-13)14-3-2-4-15(9-14)19(20,21)22/h1-13,21H,14-15H2,(H,29,33);2-9H,1,10H2,(H,23,27). The Hall–Kier alpha value is -7.41. The first kappa shape index (κ1) is 45.1. The van der Waals surface area contributed by atoms with Crippen LogP contribution in [0.5, 0.6) is 0 Å². The zero-order valence-corrected chi connectivity index (χ0v) is 33.2. The number of halogens is 6. The molecule has 0 aromatic heterocycles. The first-order valence-corrected chi connectivity index (χ1v) is 20.1. The molecule has 5 aromatic carbocycles. The van der Waals surface area contributed by atoms with E-state index in [9.17, 15) is 63.5 Å². The number of urea groups is 2. The minimum Gasteiger partial charge on any atom is -0.325 e.